The maximum atomic E-state index is 11.9. The van der Waals surface area contributed by atoms with Crippen LogP contribution in [0.2, 0.25) is 0 Å². The molecule has 1 aliphatic heterocycles. The van der Waals surface area contributed by atoms with Gasteiger partial charge in [0.2, 0.25) is 10.0 Å². The summed E-state index contributed by atoms with van der Waals surface area (Å²) in [6.07, 6.45) is 2.52. The third-order valence-corrected chi connectivity index (χ3v) is 6.41. The topological polar surface area (TPSA) is 49.4 Å². The summed E-state index contributed by atoms with van der Waals surface area (Å²) in [4.78, 5) is 1.33. The minimum absolute atomic E-state index is 0.278. The van der Waals surface area contributed by atoms with Crippen molar-refractivity contribution in [1.29, 1.82) is 0 Å². The summed E-state index contributed by atoms with van der Waals surface area (Å²) in [5.74, 6) is 0.278. The Kier molecular flexibility index (Phi) is 5.38. The summed E-state index contributed by atoms with van der Waals surface area (Å²) < 4.78 is 25.5. The predicted octanol–water partition coefficient (Wildman–Crippen LogP) is 2.04. The van der Waals surface area contributed by atoms with Crippen LogP contribution in [0.1, 0.15) is 31.1 Å². The molecule has 1 N–H and O–H groups in total. The zero-order valence-electron chi connectivity index (χ0n) is 11.3. The van der Waals surface area contributed by atoms with E-state index in [2.05, 4.69) is 22.8 Å². The van der Waals surface area contributed by atoms with Crippen LogP contribution in [-0.4, -0.2) is 37.6 Å². The largest absolute Gasteiger partial charge is 0.309 e. The quantitative estimate of drug-likeness (QED) is 0.875. The molecule has 1 saturated heterocycles. The van der Waals surface area contributed by atoms with Gasteiger partial charge in [0.1, 0.15) is 0 Å². The van der Waals surface area contributed by atoms with Crippen molar-refractivity contribution in [3.63, 3.8) is 0 Å². The number of nitrogens with one attached hydrogen (secondary N) is 1. The average Bonchev–Trinajstić information content (AvgIpc) is 2.90. The van der Waals surface area contributed by atoms with Gasteiger partial charge in [0.15, 0.2) is 0 Å². The Hall–Kier alpha value is -0.430. The molecule has 0 aromatic carbocycles. The van der Waals surface area contributed by atoms with E-state index in [1.807, 2.05) is 6.92 Å². The van der Waals surface area contributed by atoms with Gasteiger partial charge in [-0.15, -0.1) is 11.3 Å². The molecule has 1 aliphatic rings. The van der Waals surface area contributed by atoms with Crippen LogP contribution in [0.25, 0.3) is 0 Å². The fraction of sp³-hybridized carbons (Fsp3) is 0.692. The van der Waals surface area contributed by atoms with Crippen molar-refractivity contribution in [2.24, 2.45) is 0 Å². The van der Waals surface area contributed by atoms with Crippen LogP contribution < -0.4 is 5.32 Å². The standard InChI is InChI=1S/C13H22N2O2S2/c1-2-10-19(16,17)15-7-5-12(6-8-15)14-11-13-4-3-9-18-13/h3-4,9,12,14H,2,5-8,10-11H2,1H3. The monoisotopic (exact) mass is 302 g/mol. The van der Waals surface area contributed by atoms with E-state index in [1.165, 1.54) is 4.88 Å². The van der Waals surface area contributed by atoms with Crippen molar-refractivity contribution >= 4 is 21.4 Å². The fourth-order valence-electron chi connectivity index (χ4n) is 2.38. The first-order chi connectivity index (χ1) is 9.12. The van der Waals surface area contributed by atoms with Gasteiger partial charge in [-0.3, -0.25) is 0 Å². The highest BCUT2D eigenvalue weighted by Crippen LogP contribution is 2.16. The molecule has 0 aliphatic carbocycles. The van der Waals surface area contributed by atoms with E-state index in [-0.39, 0.29) is 5.75 Å². The van der Waals surface area contributed by atoms with Gasteiger partial charge in [0, 0.05) is 30.6 Å². The van der Waals surface area contributed by atoms with Crippen molar-refractivity contribution in [2.45, 2.75) is 38.8 Å². The van der Waals surface area contributed by atoms with Crippen LogP contribution in [0.4, 0.5) is 0 Å². The molecule has 0 unspecified atom stereocenters. The second-order valence-corrected chi connectivity index (χ2v) is 8.07. The zero-order valence-corrected chi connectivity index (χ0v) is 13.0. The zero-order chi connectivity index (χ0) is 13.7. The lowest BCUT2D eigenvalue weighted by molar-refractivity contribution is 0.289. The van der Waals surface area contributed by atoms with E-state index in [1.54, 1.807) is 15.6 Å². The first-order valence-electron chi connectivity index (χ1n) is 6.85. The number of piperidine rings is 1. The van der Waals surface area contributed by atoms with Gasteiger partial charge in [-0.1, -0.05) is 13.0 Å². The molecule has 0 atom stereocenters. The smallest absolute Gasteiger partial charge is 0.214 e. The molecule has 1 aromatic heterocycles. The van der Waals surface area contributed by atoms with Crippen LogP contribution in [0, 0.1) is 0 Å². The Morgan fingerprint density at radius 3 is 2.74 bits per heavy atom. The molecule has 0 saturated carbocycles. The van der Waals surface area contributed by atoms with Gasteiger partial charge in [-0.25, -0.2) is 12.7 Å². The molecular weight excluding hydrogens is 280 g/mol. The van der Waals surface area contributed by atoms with Gasteiger partial charge < -0.3 is 5.32 Å². The lowest BCUT2D eigenvalue weighted by Gasteiger charge is -2.31. The Labute approximate surface area is 119 Å². The Morgan fingerprint density at radius 1 is 1.42 bits per heavy atom. The number of nitrogens with zero attached hydrogens (tertiary/aromatic N) is 1. The number of thiophene rings is 1. The number of sulfonamides is 1. The molecular formula is C13H22N2O2S2. The first kappa shape index (κ1) is 15.0. The number of hydrogen-bond acceptors (Lipinski definition) is 4. The molecule has 2 heterocycles. The molecule has 6 heteroatoms. The van der Waals surface area contributed by atoms with Gasteiger partial charge in [0.25, 0.3) is 0 Å². The number of hydrogen-bond donors (Lipinski definition) is 1. The lowest BCUT2D eigenvalue weighted by atomic mass is 10.1. The Bertz CT molecular complexity index is 463. The van der Waals surface area contributed by atoms with Gasteiger partial charge in [-0.05, 0) is 30.7 Å². The second-order valence-electron chi connectivity index (χ2n) is 4.95. The van der Waals surface area contributed by atoms with E-state index in [9.17, 15) is 8.42 Å². The van der Waals surface area contributed by atoms with E-state index in [0.29, 0.717) is 25.6 Å². The van der Waals surface area contributed by atoms with Gasteiger partial charge >= 0.3 is 0 Å². The molecule has 1 fully saturated rings. The second kappa shape index (κ2) is 6.83. The van der Waals surface area contributed by atoms with E-state index >= 15 is 0 Å². The fourth-order valence-corrected chi connectivity index (χ4v) is 4.58. The minimum Gasteiger partial charge on any atom is -0.309 e. The summed E-state index contributed by atoms with van der Waals surface area (Å²) in [6, 6.07) is 4.62. The molecule has 0 bridgehead atoms. The molecule has 2 rings (SSSR count). The highest BCUT2D eigenvalue weighted by molar-refractivity contribution is 7.89. The highest BCUT2D eigenvalue weighted by atomic mass is 32.2. The summed E-state index contributed by atoms with van der Waals surface area (Å²) in [7, 11) is -3.01. The lowest BCUT2D eigenvalue weighted by Crippen LogP contribution is -2.45. The molecule has 19 heavy (non-hydrogen) atoms. The maximum absolute atomic E-state index is 11.9. The SMILES string of the molecule is CCCS(=O)(=O)N1CCC(NCc2cccs2)CC1. The molecule has 4 nitrogen and oxygen atoms in total. The van der Waals surface area contributed by atoms with Crippen LogP contribution in [0.5, 0.6) is 0 Å². The molecule has 0 spiro atoms. The molecule has 0 radical (unpaired) electrons. The van der Waals surface area contributed by atoms with E-state index in [4.69, 9.17) is 0 Å². The molecule has 1 aromatic rings. The van der Waals surface area contributed by atoms with Crippen LogP contribution in [0.3, 0.4) is 0 Å². The molecule has 0 amide bonds. The maximum Gasteiger partial charge on any atom is 0.214 e. The first-order valence-corrected chi connectivity index (χ1v) is 9.34. The van der Waals surface area contributed by atoms with Crippen molar-refractivity contribution in [3.8, 4) is 0 Å². The third-order valence-electron chi connectivity index (χ3n) is 3.45. The summed E-state index contributed by atoms with van der Waals surface area (Å²) in [6.45, 7) is 4.12. The summed E-state index contributed by atoms with van der Waals surface area (Å²) in [5, 5.41) is 5.60. The van der Waals surface area contributed by atoms with E-state index < -0.39 is 10.0 Å². The predicted molar refractivity (Wildman–Crippen MR) is 79.8 cm³/mol. The van der Waals surface area contributed by atoms with Crippen LogP contribution in [-0.2, 0) is 16.6 Å². The van der Waals surface area contributed by atoms with Crippen LogP contribution in [0.15, 0.2) is 17.5 Å². The van der Waals surface area contributed by atoms with E-state index in [0.717, 1.165) is 19.4 Å². The molecule has 108 valence electrons. The minimum atomic E-state index is -3.01. The summed E-state index contributed by atoms with van der Waals surface area (Å²) in [5.41, 5.74) is 0. The van der Waals surface area contributed by atoms with Gasteiger partial charge in [-0.2, -0.15) is 0 Å². The normalized spacial score (nSPS) is 18.8. The third kappa shape index (κ3) is 4.27. The highest BCUT2D eigenvalue weighted by Gasteiger charge is 2.26. The Balaban J connectivity index is 1.76. The van der Waals surface area contributed by atoms with Crippen molar-refractivity contribution in [2.75, 3.05) is 18.8 Å². The summed E-state index contributed by atoms with van der Waals surface area (Å²) >= 11 is 1.75. The van der Waals surface area contributed by atoms with Crippen molar-refractivity contribution in [3.05, 3.63) is 22.4 Å². The Morgan fingerprint density at radius 2 is 2.16 bits per heavy atom. The average molecular weight is 302 g/mol. The number of rotatable bonds is 6. The van der Waals surface area contributed by atoms with Crippen molar-refractivity contribution < 1.29 is 8.42 Å². The van der Waals surface area contributed by atoms with Gasteiger partial charge in [0.05, 0.1) is 5.75 Å². The van der Waals surface area contributed by atoms with Crippen LogP contribution >= 0.6 is 11.3 Å². The van der Waals surface area contributed by atoms with Crippen molar-refractivity contribution in [1.82, 2.24) is 9.62 Å².